The summed E-state index contributed by atoms with van der Waals surface area (Å²) in [5.74, 6) is -0.957. The van der Waals surface area contributed by atoms with Crippen molar-refractivity contribution in [1.82, 2.24) is 0 Å². The number of allylic oxidation sites excluding steroid dienone is 1. The SMILES string of the molecule is C=C[CH2-].CC1(C)O[C@H](CC(O)(c2ccccc2)c2ccccc2)[C@@H](C(O)(c2ccccc2)c2ccccc2)O1.[CH]1[CH][CH][CH][CH]1.[Ti+2]. The van der Waals surface area contributed by atoms with Gasteiger partial charge in [-0.15, -0.1) is 0 Å². The second-order valence-corrected chi connectivity index (χ2v) is 11.1. The van der Waals surface area contributed by atoms with Crippen LogP contribution in [0.4, 0.5) is 0 Å². The Morgan fingerprint density at radius 2 is 0.956 bits per heavy atom. The summed E-state index contributed by atoms with van der Waals surface area (Å²) in [5.41, 5.74) is 0.0574. The van der Waals surface area contributed by atoms with Crippen molar-refractivity contribution in [3.63, 3.8) is 0 Å². The molecule has 4 nitrogen and oxygen atoms in total. The number of ether oxygens (including phenoxy) is 2. The van der Waals surface area contributed by atoms with Crippen LogP contribution < -0.4 is 0 Å². The van der Waals surface area contributed by atoms with Crippen molar-refractivity contribution < 1.29 is 41.4 Å². The molecule has 0 bridgehead atoms. The first kappa shape index (κ1) is 36.5. The van der Waals surface area contributed by atoms with Crippen LogP contribution in [0, 0.1) is 39.0 Å². The summed E-state index contributed by atoms with van der Waals surface area (Å²) in [6.45, 7) is 10.2. The predicted octanol–water partition coefficient (Wildman–Crippen LogP) is 7.79. The molecule has 1 heterocycles. The molecule has 1 aliphatic heterocycles. The molecule has 2 atom stereocenters. The maximum atomic E-state index is 12.5. The summed E-state index contributed by atoms with van der Waals surface area (Å²) in [6, 6.07) is 38.3. The van der Waals surface area contributed by atoms with Gasteiger partial charge in [-0.2, -0.15) is 0 Å². The van der Waals surface area contributed by atoms with Gasteiger partial charge in [-0.1, -0.05) is 121 Å². The maximum Gasteiger partial charge on any atom is 2.00 e. The molecule has 0 unspecified atom stereocenters. The fourth-order valence-electron chi connectivity index (χ4n) is 5.66. The summed E-state index contributed by atoms with van der Waals surface area (Å²) >= 11 is 0. The Morgan fingerprint density at radius 3 is 1.29 bits per heavy atom. The van der Waals surface area contributed by atoms with Gasteiger partial charge in [0.1, 0.15) is 17.3 Å². The van der Waals surface area contributed by atoms with Gasteiger partial charge in [0.25, 0.3) is 0 Å². The van der Waals surface area contributed by atoms with Gasteiger partial charge in [-0.3, -0.25) is 0 Å². The largest absolute Gasteiger partial charge is 2.00 e. The van der Waals surface area contributed by atoms with E-state index in [9.17, 15) is 10.2 Å². The first-order chi connectivity index (χ1) is 21.2. The summed E-state index contributed by atoms with van der Waals surface area (Å²) in [4.78, 5) is 0. The zero-order valence-electron chi connectivity index (χ0n) is 26.0. The van der Waals surface area contributed by atoms with Gasteiger partial charge in [0, 0.05) is 6.42 Å². The zero-order chi connectivity index (χ0) is 31.5. The molecule has 2 fully saturated rings. The Balaban J connectivity index is 0.000000543. The maximum absolute atomic E-state index is 12.5. The average Bonchev–Trinajstić information content (AvgIpc) is 3.74. The smallest absolute Gasteiger partial charge is 0.380 e. The Hall–Kier alpha value is -2.96. The average molecular weight is 635 g/mol. The molecule has 4 aromatic rings. The van der Waals surface area contributed by atoms with Crippen molar-refractivity contribution in [3.8, 4) is 0 Å². The third-order valence-electron chi connectivity index (χ3n) is 7.58. The van der Waals surface area contributed by atoms with Gasteiger partial charge in [-0.25, -0.2) is 19.6 Å². The van der Waals surface area contributed by atoms with Crippen LogP contribution in [0.25, 0.3) is 0 Å². The van der Waals surface area contributed by atoms with E-state index in [0.717, 1.165) is 11.1 Å². The molecule has 1 saturated heterocycles. The van der Waals surface area contributed by atoms with E-state index in [0.29, 0.717) is 11.1 Å². The third kappa shape index (κ3) is 9.07. The molecule has 0 amide bonds. The van der Waals surface area contributed by atoms with Crippen molar-refractivity contribution in [2.24, 2.45) is 0 Å². The molecule has 2 aliphatic rings. The van der Waals surface area contributed by atoms with Crippen LogP contribution in [0.5, 0.6) is 0 Å². The first-order valence-electron chi connectivity index (χ1n) is 14.8. The van der Waals surface area contributed by atoms with E-state index in [-0.39, 0.29) is 28.1 Å². The summed E-state index contributed by atoms with van der Waals surface area (Å²) < 4.78 is 12.9. The van der Waals surface area contributed by atoms with Gasteiger partial charge in [0.05, 0.1) is 6.10 Å². The minimum atomic E-state index is -1.50. The fourth-order valence-corrected chi connectivity index (χ4v) is 5.66. The Morgan fingerprint density at radius 1 is 0.644 bits per heavy atom. The zero-order valence-corrected chi connectivity index (χ0v) is 27.6. The molecule has 229 valence electrons. The number of hydrogen-bond donors (Lipinski definition) is 2. The molecule has 1 aliphatic carbocycles. The summed E-state index contributed by atoms with van der Waals surface area (Å²) in [6.07, 6.45) is 10.3. The van der Waals surface area contributed by atoms with E-state index < -0.39 is 29.2 Å². The van der Waals surface area contributed by atoms with Crippen LogP contribution in [-0.2, 0) is 42.4 Å². The van der Waals surface area contributed by atoms with Gasteiger partial charge < -0.3 is 19.7 Å². The van der Waals surface area contributed by atoms with Crippen molar-refractivity contribution >= 4 is 0 Å². The number of aliphatic hydroxyl groups is 2. The quantitative estimate of drug-likeness (QED) is 0.161. The normalized spacial score (nSPS) is 18.8. The predicted molar refractivity (Wildman–Crippen MR) is 177 cm³/mol. The minimum absolute atomic E-state index is 0. The van der Waals surface area contributed by atoms with Crippen LogP contribution in [0.3, 0.4) is 0 Å². The molecular formula is C40H42O4Ti+. The van der Waals surface area contributed by atoms with E-state index in [1.54, 1.807) is 0 Å². The Kier molecular flexibility index (Phi) is 13.9. The van der Waals surface area contributed by atoms with Crippen molar-refractivity contribution in [2.75, 3.05) is 0 Å². The van der Waals surface area contributed by atoms with Gasteiger partial charge in [-0.05, 0) is 68.2 Å². The Bertz CT molecular complexity index is 1300. The first-order valence-corrected chi connectivity index (χ1v) is 14.8. The molecule has 0 aromatic heterocycles. The summed E-state index contributed by atoms with van der Waals surface area (Å²) in [7, 11) is 0. The van der Waals surface area contributed by atoms with Crippen molar-refractivity contribution in [3.05, 3.63) is 195 Å². The molecule has 4 aromatic carbocycles. The number of benzene rings is 4. The fraction of sp³-hybridized carbons (Fsp3) is 0.200. The molecule has 1 saturated carbocycles. The standard InChI is InChI=1S/C32H32O4.C5H5.C3H5.Ti/c1-30(2)35-28(23-31(33,24-15-7-3-8-16-24)25-17-9-4-10-18-25)29(36-30)32(34,26-19-11-5-12-20-26)27-21-13-6-14-22-27;1-2-4-5-3-1;1-3-2;/h3-22,28-29,33-34H,23H2,1-2H3;1-5H;3H,1-2H2;/q;;-1;+2/t28-,29+;;;/m1.../s1. The van der Waals surface area contributed by atoms with Crippen LogP contribution >= 0.6 is 0 Å². The molecule has 45 heavy (non-hydrogen) atoms. The van der Waals surface area contributed by atoms with Crippen LogP contribution in [0.15, 0.2) is 134 Å². The van der Waals surface area contributed by atoms with Gasteiger partial charge in [0.15, 0.2) is 5.79 Å². The summed E-state index contributed by atoms with van der Waals surface area (Å²) in [5, 5.41) is 24.8. The van der Waals surface area contributed by atoms with E-state index in [1.807, 2.05) is 167 Å². The third-order valence-corrected chi connectivity index (χ3v) is 7.58. The molecule has 6 rings (SSSR count). The topological polar surface area (TPSA) is 58.9 Å². The second kappa shape index (κ2) is 17.1. The van der Waals surface area contributed by atoms with Crippen LogP contribution in [0.1, 0.15) is 42.5 Å². The Labute approximate surface area is 285 Å². The van der Waals surface area contributed by atoms with Crippen LogP contribution in [0.2, 0.25) is 0 Å². The van der Waals surface area contributed by atoms with Gasteiger partial charge >= 0.3 is 21.7 Å². The molecule has 0 spiro atoms. The molecular weight excluding hydrogens is 592 g/mol. The molecule has 5 heteroatoms. The van der Waals surface area contributed by atoms with Crippen LogP contribution in [-0.4, -0.2) is 28.2 Å². The molecule has 2 N–H and O–H groups in total. The van der Waals surface area contributed by atoms with Crippen molar-refractivity contribution in [1.29, 1.82) is 0 Å². The van der Waals surface area contributed by atoms with E-state index >= 15 is 0 Å². The number of hydrogen-bond acceptors (Lipinski definition) is 4. The molecule has 5 radical (unpaired) electrons. The van der Waals surface area contributed by atoms with Gasteiger partial charge in [0.2, 0.25) is 0 Å². The van der Waals surface area contributed by atoms with E-state index in [4.69, 9.17) is 9.47 Å². The van der Waals surface area contributed by atoms with E-state index in [1.165, 1.54) is 6.08 Å². The monoisotopic (exact) mass is 634 g/mol. The minimum Gasteiger partial charge on any atom is -0.380 e. The second-order valence-electron chi connectivity index (χ2n) is 11.1. The number of rotatable bonds is 7. The van der Waals surface area contributed by atoms with E-state index in [2.05, 4.69) is 13.5 Å². The van der Waals surface area contributed by atoms with Crippen molar-refractivity contribution in [2.45, 2.75) is 49.5 Å².